The van der Waals surface area contributed by atoms with Crippen molar-refractivity contribution in [2.24, 2.45) is 0 Å². The van der Waals surface area contributed by atoms with Crippen LogP contribution in [0.1, 0.15) is 5.56 Å². The Morgan fingerprint density at radius 2 is 1.56 bits per heavy atom. The highest BCUT2D eigenvalue weighted by molar-refractivity contribution is 5.85. The van der Waals surface area contributed by atoms with Gasteiger partial charge in [-0.2, -0.15) is 0 Å². The van der Waals surface area contributed by atoms with Crippen LogP contribution >= 0.6 is 0 Å². The number of amides is 2. The number of methoxy groups -OCH3 is 1. The zero-order valence-corrected chi connectivity index (χ0v) is 14.2. The Morgan fingerprint density at radius 1 is 0.880 bits per heavy atom. The van der Waals surface area contributed by atoms with Crippen molar-refractivity contribution in [3.8, 4) is 11.5 Å². The zero-order chi connectivity index (χ0) is 17.9. The van der Waals surface area contributed by atoms with Crippen LogP contribution < -0.4 is 20.1 Å². The molecule has 0 bridgehead atoms. The molecule has 0 radical (unpaired) electrons. The van der Waals surface area contributed by atoms with Crippen LogP contribution in [0.4, 0.5) is 0 Å². The summed E-state index contributed by atoms with van der Waals surface area (Å²) in [5.41, 5.74) is 0.910. The first-order valence-corrected chi connectivity index (χ1v) is 8.01. The van der Waals surface area contributed by atoms with Gasteiger partial charge >= 0.3 is 0 Å². The number of benzene rings is 2. The predicted molar refractivity (Wildman–Crippen MR) is 94.7 cm³/mol. The summed E-state index contributed by atoms with van der Waals surface area (Å²) >= 11 is 0. The third kappa shape index (κ3) is 6.95. The largest absolute Gasteiger partial charge is 0.497 e. The van der Waals surface area contributed by atoms with Crippen molar-refractivity contribution in [2.75, 3.05) is 26.8 Å². The summed E-state index contributed by atoms with van der Waals surface area (Å²) in [6.07, 6.45) is 0.259. The molecule has 0 saturated carbocycles. The standard InChI is InChI=1S/C19H22N2O4/c1-24-16-7-9-17(10-8-16)25-12-11-20-19(23)14-21-18(22)13-15-5-3-2-4-6-15/h2-10H,11-14H2,1H3,(H,20,23)(H,21,22). The van der Waals surface area contributed by atoms with Crippen LogP contribution in [0.2, 0.25) is 0 Å². The summed E-state index contributed by atoms with van der Waals surface area (Å²) in [5.74, 6) is 1.02. The molecule has 0 fully saturated rings. The molecule has 2 N–H and O–H groups in total. The van der Waals surface area contributed by atoms with Gasteiger partial charge in [-0.1, -0.05) is 30.3 Å². The van der Waals surface area contributed by atoms with Crippen LogP contribution in [0, 0.1) is 0 Å². The van der Waals surface area contributed by atoms with E-state index in [2.05, 4.69) is 10.6 Å². The molecule has 6 heteroatoms. The Kier molecular flexibility index (Phi) is 7.31. The maximum Gasteiger partial charge on any atom is 0.239 e. The van der Waals surface area contributed by atoms with E-state index >= 15 is 0 Å². The molecule has 0 heterocycles. The summed E-state index contributed by atoms with van der Waals surface area (Å²) in [6.45, 7) is 0.656. The van der Waals surface area contributed by atoms with Crippen LogP contribution in [-0.2, 0) is 16.0 Å². The van der Waals surface area contributed by atoms with E-state index in [0.717, 1.165) is 11.3 Å². The molecule has 2 amide bonds. The topological polar surface area (TPSA) is 76.7 Å². The van der Waals surface area contributed by atoms with Gasteiger partial charge in [-0.15, -0.1) is 0 Å². The fourth-order valence-electron chi connectivity index (χ4n) is 2.12. The molecule has 0 aliphatic rings. The molecule has 0 aliphatic heterocycles. The van der Waals surface area contributed by atoms with Gasteiger partial charge in [0.1, 0.15) is 18.1 Å². The SMILES string of the molecule is COc1ccc(OCCNC(=O)CNC(=O)Cc2ccccc2)cc1. The molecule has 0 saturated heterocycles. The lowest BCUT2D eigenvalue weighted by Gasteiger charge is -2.09. The summed E-state index contributed by atoms with van der Waals surface area (Å²) in [7, 11) is 1.60. The monoisotopic (exact) mass is 342 g/mol. The van der Waals surface area contributed by atoms with E-state index in [1.807, 2.05) is 30.3 Å². The van der Waals surface area contributed by atoms with Gasteiger partial charge in [0.25, 0.3) is 0 Å². The maximum atomic E-state index is 11.8. The molecule has 25 heavy (non-hydrogen) atoms. The first-order chi connectivity index (χ1) is 12.2. The summed E-state index contributed by atoms with van der Waals surface area (Å²) in [6, 6.07) is 16.6. The Hall–Kier alpha value is -3.02. The molecule has 2 rings (SSSR count). The Bertz CT molecular complexity index is 672. The highest BCUT2D eigenvalue weighted by Crippen LogP contribution is 2.16. The molecule has 0 aliphatic carbocycles. The van der Waals surface area contributed by atoms with Crippen molar-refractivity contribution in [3.05, 3.63) is 60.2 Å². The van der Waals surface area contributed by atoms with Gasteiger partial charge in [-0.05, 0) is 29.8 Å². The number of rotatable bonds is 9. The van der Waals surface area contributed by atoms with Crippen molar-refractivity contribution in [1.82, 2.24) is 10.6 Å². The molecule has 0 spiro atoms. The number of carbonyl (C=O) groups is 2. The first kappa shape index (κ1) is 18.3. The lowest BCUT2D eigenvalue weighted by molar-refractivity contribution is -0.125. The van der Waals surface area contributed by atoms with Gasteiger partial charge in [0, 0.05) is 0 Å². The van der Waals surface area contributed by atoms with Crippen molar-refractivity contribution in [2.45, 2.75) is 6.42 Å². The molecule has 0 aromatic heterocycles. The number of carbonyl (C=O) groups excluding carboxylic acids is 2. The minimum Gasteiger partial charge on any atom is -0.497 e. The molecule has 2 aromatic carbocycles. The molecular weight excluding hydrogens is 320 g/mol. The van der Waals surface area contributed by atoms with E-state index in [9.17, 15) is 9.59 Å². The Morgan fingerprint density at radius 3 is 2.24 bits per heavy atom. The lowest BCUT2D eigenvalue weighted by Crippen LogP contribution is -2.39. The fraction of sp³-hybridized carbons (Fsp3) is 0.263. The quantitative estimate of drug-likeness (QED) is 0.678. The van der Waals surface area contributed by atoms with Gasteiger partial charge in [-0.25, -0.2) is 0 Å². The van der Waals surface area contributed by atoms with Crippen molar-refractivity contribution < 1.29 is 19.1 Å². The van der Waals surface area contributed by atoms with Gasteiger partial charge in [0.15, 0.2) is 0 Å². The molecule has 6 nitrogen and oxygen atoms in total. The summed E-state index contributed by atoms with van der Waals surface area (Å²) in [5, 5.41) is 5.29. The van der Waals surface area contributed by atoms with Crippen LogP contribution in [0.25, 0.3) is 0 Å². The normalized spacial score (nSPS) is 9.96. The van der Waals surface area contributed by atoms with Gasteiger partial charge in [-0.3, -0.25) is 9.59 Å². The predicted octanol–water partition coefficient (Wildman–Crippen LogP) is 1.55. The van der Waals surface area contributed by atoms with Crippen LogP contribution in [0.3, 0.4) is 0 Å². The molecule has 0 atom stereocenters. The molecule has 132 valence electrons. The minimum atomic E-state index is -0.250. The highest BCUT2D eigenvalue weighted by atomic mass is 16.5. The number of hydrogen-bond donors (Lipinski definition) is 2. The average Bonchev–Trinajstić information content (AvgIpc) is 2.65. The Labute approximate surface area is 147 Å². The van der Waals surface area contributed by atoms with Crippen molar-refractivity contribution >= 4 is 11.8 Å². The van der Waals surface area contributed by atoms with Crippen molar-refractivity contribution in [1.29, 1.82) is 0 Å². The van der Waals surface area contributed by atoms with E-state index in [-0.39, 0.29) is 24.8 Å². The van der Waals surface area contributed by atoms with Crippen LogP contribution in [0.15, 0.2) is 54.6 Å². The van der Waals surface area contributed by atoms with Gasteiger partial charge in [0.05, 0.1) is 26.6 Å². The smallest absolute Gasteiger partial charge is 0.239 e. The number of ether oxygens (including phenoxy) is 2. The number of nitrogens with one attached hydrogen (secondary N) is 2. The third-order valence-electron chi connectivity index (χ3n) is 3.41. The van der Waals surface area contributed by atoms with E-state index < -0.39 is 0 Å². The second-order valence-electron chi connectivity index (χ2n) is 5.31. The third-order valence-corrected chi connectivity index (χ3v) is 3.41. The maximum absolute atomic E-state index is 11.8. The second kappa shape index (κ2) is 9.97. The molecule has 0 unspecified atom stereocenters. The summed E-state index contributed by atoms with van der Waals surface area (Å²) < 4.78 is 10.6. The van der Waals surface area contributed by atoms with E-state index in [1.54, 1.807) is 31.4 Å². The van der Waals surface area contributed by atoms with E-state index in [1.165, 1.54) is 0 Å². The Balaban J connectivity index is 1.58. The number of hydrogen-bond acceptors (Lipinski definition) is 4. The molecular formula is C19H22N2O4. The highest BCUT2D eigenvalue weighted by Gasteiger charge is 2.06. The van der Waals surface area contributed by atoms with Crippen molar-refractivity contribution in [3.63, 3.8) is 0 Å². The second-order valence-corrected chi connectivity index (χ2v) is 5.31. The lowest BCUT2D eigenvalue weighted by atomic mass is 10.1. The molecule has 2 aromatic rings. The minimum absolute atomic E-state index is 0.0474. The van der Waals surface area contributed by atoms with E-state index in [0.29, 0.717) is 18.9 Å². The zero-order valence-electron chi connectivity index (χ0n) is 14.2. The summed E-state index contributed by atoms with van der Waals surface area (Å²) in [4.78, 5) is 23.5. The van der Waals surface area contributed by atoms with Crippen LogP contribution in [-0.4, -0.2) is 38.6 Å². The van der Waals surface area contributed by atoms with Gasteiger partial charge in [0.2, 0.25) is 11.8 Å². The first-order valence-electron chi connectivity index (χ1n) is 8.01. The fourth-order valence-corrected chi connectivity index (χ4v) is 2.12. The average molecular weight is 342 g/mol. The van der Waals surface area contributed by atoms with E-state index in [4.69, 9.17) is 9.47 Å². The van der Waals surface area contributed by atoms with Gasteiger partial charge < -0.3 is 20.1 Å². The van der Waals surface area contributed by atoms with Crippen LogP contribution in [0.5, 0.6) is 11.5 Å².